The molecule has 29 heavy (non-hydrogen) atoms. The highest BCUT2D eigenvalue weighted by atomic mass is 32.2. The van der Waals surface area contributed by atoms with Crippen LogP contribution in [0.2, 0.25) is 0 Å². The van der Waals surface area contributed by atoms with Crippen molar-refractivity contribution >= 4 is 35.5 Å². The van der Waals surface area contributed by atoms with Gasteiger partial charge in [0, 0.05) is 5.69 Å². The lowest BCUT2D eigenvalue weighted by Crippen LogP contribution is -2.22. The Labute approximate surface area is 172 Å². The number of carbonyl (C=O) groups is 1. The quantitative estimate of drug-likeness (QED) is 0.579. The second kappa shape index (κ2) is 8.61. The predicted octanol–water partition coefficient (Wildman–Crippen LogP) is 4.72. The SMILES string of the molecule is C[C@@H](Sc1n[nH]c(/C=C\c2ccc(F)cc2)n1)C(=O)Nc1ccc2c(c1)CCC2. The third kappa shape index (κ3) is 4.92. The Morgan fingerprint density at radius 2 is 1.97 bits per heavy atom. The highest BCUT2D eigenvalue weighted by Gasteiger charge is 2.18. The van der Waals surface area contributed by atoms with Crippen molar-refractivity contribution in [2.45, 2.75) is 36.6 Å². The number of carbonyl (C=O) groups excluding carboxylic acids is 1. The lowest BCUT2D eigenvalue weighted by Gasteiger charge is -2.11. The van der Waals surface area contributed by atoms with Gasteiger partial charge >= 0.3 is 0 Å². The Morgan fingerprint density at radius 1 is 1.17 bits per heavy atom. The van der Waals surface area contributed by atoms with E-state index in [4.69, 9.17) is 0 Å². The number of aryl methyl sites for hydroxylation is 2. The summed E-state index contributed by atoms with van der Waals surface area (Å²) in [6, 6.07) is 12.3. The van der Waals surface area contributed by atoms with E-state index in [0.717, 1.165) is 24.1 Å². The van der Waals surface area contributed by atoms with E-state index in [-0.39, 0.29) is 17.0 Å². The zero-order chi connectivity index (χ0) is 20.2. The van der Waals surface area contributed by atoms with Crippen LogP contribution >= 0.6 is 11.8 Å². The molecule has 1 aliphatic rings. The number of benzene rings is 2. The van der Waals surface area contributed by atoms with Crippen LogP contribution < -0.4 is 5.32 Å². The van der Waals surface area contributed by atoms with E-state index in [1.807, 2.05) is 19.1 Å². The Bertz CT molecular complexity index is 1050. The summed E-state index contributed by atoms with van der Waals surface area (Å²) in [6.07, 6.45) is 6.97. The molecule has 1 amide bonds. The predicted molar refractivity (Wildman–Crippen MR) is 114 cm³/mol. The molecule has 1 aromatic heterocycles. The molecule has 3 aromatic rings. The molecule has 7 heteroatoms. The van der Waals surface area contributed by atoms with E-state index in [9.17, 15) is 9.18 Å². The minimum absolute atomic E-state index is 0.0823. The van der Waals surface area contributed by atoms with E-state index in [0.29, 0.717) is 11.0 Å². The number of thioether (sulfide) groups is 1. The molecule has 0 aliphatic heterocycles. The molecule has 0 spiro atoms. The maximum atomic E-state index is 12.9. The molecular formula is C22H21FN4OS. The molecule has 5 nitrogen and oxygen atoms in total. The van der Waals surface area contributed by atoms with Crippen molar-refractivity contribution in [2.24, 2.45) is 0 Å². The molecule has 0 unspecified atom stereocenters. The highest BCUT2D eigenvalue weighted by Crippen LogP contribution is 2.26. The number of fused-ring (bicyclic) bond motifs is 1. The van der Waals surface area contributed by atoms with Gasteiger partial charge in [0.05, 0.1) is 5.25 Å². The first-order valence-corrected chi connectivity index (χ1v) is 10.4. The van der Waals surface area contributed by atoms with Gasteiger partial charge in [-0.3, -0.25) is 9.89 Å². The molecular weight excluding hydrogens is 387 g/mol. The van der Waals surface area contributed by atoms with Gasteiger partial charge in [-0.15, -0.1) is 5.10 Å². The first-order chi connectivity index (χ1) is 14.1. The number of hydrogen-bond acceptors (Lipinski definition) is 4. The molecule has 2 N–H and O–H groups in total. The van der Waals surface area contributed by atoms with Crippen LogP contribution in [0.15, 0.2) is 47.6 Å². The Kier molecular flexibility index (Phi) is 5.76. The van der Waals surface area contributed by atoms with Crippen molar-refractivity contribution in [3.63, 3.8) is 0 Å². The monoisotopic (exact) mass is 408 g/mol. The number of aromatic nitrogens is 3. The third-order valence-corrected chi connectivity index (χ3v) is 5.76. The molecule has 1 heterocycles. The van der Waals surface area contributed by atoms with Crippen molar-refractivity contribution in [3.05, 3.63) is 70.8 Å². The molecule has 4 rings (SSSR count). The largest absolute Gasteiger partial charge is 0.325 e. The van der Waals surface area contributed by atoms with Gasteiger partial charge in [-0.25, -0.2) is 9.37 Å². The van der Waals surface area contributed by atoms with E-state index in [1.165, 1.54) is 41.4 Å². The van der Waals surface area contributed by atoms with Crippen molar-refractivity contribution in [1.82, 2.24) is 15.2 Å². The van der Waals surface area contributed by atoms with Gasteiger partial charge in [-0.1, -0.05) is 36.0 Å². The van der Waals surface area contributed by atoms with E-state index in [1.54, 1.807) is 18.2 Å². The van der Waals surface area contributed by atoms with Crippen LogP contribution in [0, 0.1) is 5.82 Å². The fourth-order valence-electron chi connectivity index (χ4n) is 3.24. The molecule has 2 aromatic carbocycles. The summed E-state index contributed by atoms with van der Waals surface area (Å²) in [6.45, 7) is 1.83. The summed E-state index contributed by atoms with van der Waals surface area (Å²) in [5.74, 6) is 0.219. The number of amides is 1. The number of rotatable bonds is 6. The summed E-state index contributed by atoms with van der Waals surface area (Å²) in [7, 11) is 0. The van der Waals surface area contributed by atoms with E-state index < -0.39 is 0 Å². The van der Waals surface area contributed by atoms with Crippen LogP contribution in [0.25, 0.3) is 12.2 Å². The average Bonchev–Trinajstić information content (AvgIpc) is 3.36. The van der Waals surface area contributed by atoms with Gasteiger partial charge < -0.3 is 5.32 Å². The van der Waals surface area contributed by atoms with Crippen LogP contribution in [0.3, 0.4) is 0 Å². The average molecular weight is 409 g/mol. The topological polar surface area (TPSA) is 70.7 Å². The van der Waals surface area contributed by atoms with Crippen LogP contribution in [-0.2, 0) is 17.6 Å². The fraction of sp³-hybridized carbons (Fsp3) is 0.227. The van der Waals surface area contributed by atoms with Crippen molar-refractivity contribution in [1.29, 1.82) is 0 Å². The summed E-state index contributed by atoms with van der Waals surface area (Å²) < 4.78 is 12.9. The van der Waals surface area contributed by atoms with Gasteiger partial charge in [0.1, 0.15) is 11.6 Å². The minimum atomic E-state index is -0.340. The minimum Gasteiger partial charge on any atom is -0.325 e. The smallest absolute Gasteiger partial charge is 0.237 e. The number of nitrogens with zero attached hydrogens (tertiary/aromatic N) is 2. The molecule has 1 aliphatic carbocycles. The maximum absolute atomic E-state index is 12.9. The molecule has 148 valence electrons. The second-order valence-corrected chi connectivity index (χ2v) is 8.28. The van der Waals surface area contributed by atoms with Crippen molar-refractivity contribution in [3.8, 4) is 0 Å². The molecule has 0 saturated heterocycles. The summed E-state index contributed by atoms with van der Waals surface area (Å²) in [5, 5.41) is 10.1. The van der Waals surface area contributed by atoms with Gasteiger partial charge in [-0.05, 0) is 73.2 Å². The number of halogens is 1. The van der Waals surface area contributed by atoms with E-state index >= 15 is 0 Å². The molecule has 0 fully saturated rings. The normalized spacial score (nSPS) is 14.1. The molecule has 1 atom stereocenters. The summed E-state index contributed by atoms with van der Waals surface area (Å²) >= 11 is 1.29. The van der Waals surface area contributed by atoms with Crippen LogP contribution in [0.1, 0.15) is 35.9 Å². The number of nitrogens with one attached hydrogen (secondary N) is 2. The van der Waals surface area contributed by atoms with Gasteiger partial charge in [-0.2, -0.15) is 0 Å². The van der Waals surface area contributed by atoms with Gasteiger partial charge in [0.2, 0.25) is 11.1 Å². The van der Waals surface area contributed by atoms with Crippen molar-refractivity contribution in [2.75, 3.05) is 5.32 Å². The zero-order valence-corrected chi connectivity index (χ0v) is 16.8. The van der Waals surface area contributed by atoms with E-state index in [2.05, 4.69) is 32.6 Å². The second-order valence-electron chi connectivity index (χ2n) is 6.97. The molecule has 0 bridgehead atoms. The Morgan fingerprint density at radius 3 is 2.79 bits per heavy atom. The summed E-state index contributed by atoms with van der Waals surface area (Å²) in [5.41, 5.74) is 4.40. The number of hydrogen-bond donors (Lipinski definition) is 2. The standard InChI is InChI=1S/C22H21FN4OS/c1-14(21(28)24-19-11-8-16-3-2-4-17(16)13-19)29-22-25-20(26-27-22)12-7-15-5-9-18(23)10-6-15/h5-14H,2-4H2,1H3,(H,24,28)(H,25,26,27)/b12-7-/t14-/m1/s1. The van der Waals surface area contributed by atoms with Crippen LogP contribution in [0.5, 0.6) is 0 Å². The number of aromatic amines is 1. The highest BCUT2D eigenvalue weighted by molar-refractivity contribution is 8.00. The number of anilines is 1. The van der Waals surface area contributed by atoms with Crippen molar-refractivity contribution < 1.29 is 9.18 Å². The first kappa shape index (κ1) is 19.4. The molecule has 0 radical (unpaired) electrons. The third-order valence-electron chi connectivity index (χ3n) is 4.80. The lowest BCUT2D eigenvalue weighted by atomic mass is 10.1. The van der Waals surface area contributed by atoms with Gasteiger partial charge in [0.15, 0.2) is 0 Å². The first-order valence-electron chi connectivity index (χ1n) is 9.52. The lowest BCUT2D eigenvalue weighted by molar-refractivity contribution is -0.115. The zero-order valence-electron chi connectivity index (χ0n) is 16.0. The molecule has 0 saturated carbocycles. The summed E-state index contributed by atoms with van der Waals surface area (Å²) in [4.78, 5) is 16.9. The number of H-pyrrole nitrogens is 1. The van der Waals surface area contributed by atoms with Gasteiger partial charge in [0.25, 0.3) is 0 Å². The van der Waals surface area contributed by atoms with Crippen LogP contribution in [0.4, 0.5) is 10.1 Å². The van der Waals surface area contributed by atoms with Crippen LogP contribution in [-0.4, -0.2) is 26.3 Å². The Balaban J connectivity index is 1.34. The fourth-order valence-corrected chi connectivity index (χ4v) is 3.97. The maximum Gasteiger partial charge on any atom is 0.237 e. The Hall–Kier alpha value is -2.93.